The van der Waals surface area contributed by atoms with Crippen LogP contribution in [0.4, 0.5) is 0 Å². The minimum absolute atomic E-state index is 0.0267. The summed E-state index contributed by atoms with van der Waals surface area (Å²) in [5.41, 5.74) is 2.11. The molecule has 0 bridgehead atoms. The molecule has 108 valence electrons. The molecule has 0 radical (unpaired) electrons. The van der Waals surface area contributed by atoms with Gasteiger partial charge in [-0.25, -0.2) is 0 Å². The van der Waals surface area contributed by atoms with Gasteiger partial charge in [0.2, 0.25) is 0 Å². The minimum atomic E-state index is 0.0267. The lowest BCUT2D eigenvalue weighted by atomic mass is 10.1. The van der Waals surface area contributed by atoms with E-state index in [9.17, 15) is 4.79 Å². The summed E-state index contributed by atoms with van der Waals surface area (Å²) in [5.74, 6) is 0.768. The Balaban J connectivity index is 1.85. The van der Waals surface area contributed by atoms with Gasteiger partial charge in [0.05, 0.1) is 17.7 Å². The van der Waals surface area contributed by atoms with Crippen LogP contribution in [0, 0.1) is 0 Å². The Morgan fingerprint density at radius 3 is 3.14 bits per heavy atom. The first-order chi connectivity index (χ1) is 10.3. The van der Waals surface area contributed by atoms with E-state index in [-0.39, 0.29) is 5.91 Å². The third-order valence-electron chi connectivity index (χ3n) is 3.28. The zero-order valence-corrected chi connectivity index (χ0v) is 12.4. The lowest BCUT2D eigenvalue weighted by molar-refractivity contribution is 0.0950. The van der Waals surface area contributed by atoms with Gasteiger partial charge >= 0.3 is 0 Å². The number of fused-ring (bicyclic) bond motifs is 1. The number of amides is 1. The number of carbonyl (C=O) groups is 1. The summed E-state index contributed by atoms with van der Waals surface area (Å²) < 4.78 is 5.62. The summed E-state index contributed by atoms with van der Waals surface area (Å²) in [6.07, 6.45) is 7.02. The van der Waals surface area contributed by atoms with Crippen molar-refractivity contribution in [2.75, 3.05) is 13.2 Å². The lowest BCUT2D eigenvalue weighted by Crippen LogP contribution is -2.30. The molecule has 0 fully saturated rings. The first-order valence-electron chi connectivity index (χ1n) is 6.88. The zero-order valence-electron chi connectivity index (χ0n) is 11.6. The molecule has 3 rings (SSSR count). The number of nitrogens with zero attached hydrogens (tertiary/aromatic N) is 1. The summed E-state index contributed by atoms with van der Waals surface area (Å²) in [5, 5.41) is 2.87. The van der Waals surface area contributed by atoms with Crippen LogP contribution in [0.3, 0.4) is 0 Å². The predicted octanol–water partition coefficient (Wildman–Crippen LogP) is 3.05. The third kappa shape index (κ3) is 2.97. The van der Waals surface area contributed by atoms with E-state index >= 15 is 0 Å². The van der Waals surface area contributed by atoms with Crippen molar-refractivity contribution >= 4 is 17.2 Å². The number of nitrogens with one attached hydrogen (secondary N) is 1. The number of pyridine rings is 1. The van der Waals surface area contributed by atoms with E-state index < -0.39 is 0 Å². The fourth-order valence-corrected chi connectivity index (χ4v) is 3.34. The summed E-state index contributed by atoms with van der Waals surface area (Å²) in [6, 6.07) is 4.05. The summed E-state index contributed by atoms with van der Waals surface area (Å²) in [7, 11) is 0. The molecule has 3 heterocycles. The van der Waals surface area contributed by atoms with Crippen LogP contribution in [-0.4, -0.2) is 24.0 Å². The van der Waals surface area contributed by atoms with Crippen molar-refractivity contribution in [3.8, 4) is 16.2 Å². The number of rotatable bonds is 5. The van der Waals surface area contributed by atoms with Crippen LogP contribution in [0.5, 0.6) is 5.75 Å². The van der Waals surface area contributed by atoms with E-state index in [0.29, 0.717) is 13.2 Å². The van der Waals surface area contributed by atoms with Gasteiger partial charge in [0.25, 0.3) is 5.91 Å². The number of thiophene rings is 1. The van der Waals surface area contributed by atoms with Crippen LogP contribution < -0.4 is 10.1 Å². The largest absolute Gasteiger partial charge is 0.492 e. The highest BCUT2D eigenvalue weighted by Gasteiger charge is 2.20. The van der Waals surface area contributed by atoms with Crippen molar-refractivity contribution < 1.29 is 9.53 Å². The van der Waals surface area contributed by atoms with E-state index in [1.807, 2.05) is 12.1 Å². The summed E-state index contributed by atoms with van der Waals surface area (Å²) >= 11 is 1.51. The minimum Gasteiger partial charge on any atom is -0.492 e. The third-order valence-corrected chi connectivity index (χ3v) is 4.51. The number of ether oxygens (including phenoxy) is 1. The van der Waals surface area contributed by atoms with Gasteiger partial charge in [-0.3, -0.25) is 9.78 Å². The normalized spacial score (nSPS) is 13.4. The SMILES string of the molecule is C=CCCOc1cncc(-c2cc3c(s2)C(=O)NCC3)c1. The second-order valence-corrected chi connectivity index (χ2v) is 5.86. The van der Waals surface area contributed by atoms with Crippen molar-refractivity contribution in [3.05, 3.63) is 47.6 Å². The highest BCUT2D eigenvalue weighted by molar-refractivity contribution is 7.17. The Bertz CT molecular complexity index is 679. The van der Waals surface area contributed by atoms with Crippen molar-refractivity contribution in [2.24, 2.45) is 0 Å². The van der Waals surface area contributed by atoms with E-state index in [2.05, 4.69) is 22.9 Å². The average molecular weight is 300 g/mol. The standard InChI is InChI=1S/C16H16N2O2S/c1-2-3-6-20-13-7-12(9-17-10-13)14-8-11-4-5-18-16(19)15(11)21-14/h2,7-10H,1,3-6H2,(H,18,19). The Hall–Kier alpha value is -2.14. The molecular formula is C16H16N2O2S. The van der Waals surface area contributed by atoms with Crippen molar-refractivity contribution in [3.63, 3.8) is 0 Å². The molecular weight excluding hydrogens is 284 g/mol. The van der Waals surface area contributed by atoms with E-state index in [1.54, 1.807) is 12.4 Å². The van der Waals surface area contributed by atoms with Gasteiger partial charge in [-0.15, -0.1) is 17.9 Å². The van der Waals surface area contributed by atoms with Crippen LogP contribution in [0.25, 0.3) is 10.4 Å². The smallest absolute Gasteiger partial charge is 0.261 e. The second kappa shape index (κ2) is 6.10. The van der Waals surface area contributed by atoms with Gasteiger partial charge in [0, 0.05) is 23.2 Å². The van der Waals surface area contributed by atoms with Gasteiger partial charge in [-0.2, -0.15) is 0 Å². The van der Waals surface area contributed by atoms with Crippen LogP contribution in [0.15, 0.2) is 37.2 Å². The van der Waals surface area contributed by atoms with E-state index in [1.165, 1.54) is 11.3 Å². The molecule has 0 atom stereocenters. The first-order valence-corrected chi connectivity index (χ1v) is 7.69. The van der Waals surface area contributed by atoms with Crippen molar-refractivity contribution in [2.45, 2.75) is 12.8 Å². The molecule has 1 aliphatic rings. The predicted molar refractivity (Wildman–Crippen MR) is 83.9 cm³/mol. The Morgan fingerprint density at radius 1 is 1.43 bits per heavy atom. The molecule has 0 spiro atoms. The van der Waals surface area contributed by atoms with Crippen molar-refractivity contribution in [1.82, 2.24) is 10.3 Å². The molecule has 0 aromatic carbocycles. The summed E-state index contributed by atoms with van der Waals surface area (Å²) in [6.45, 7) is 4.98. The lowest BCUT2D eigenvalue weighted by Gasteiger charge is -2.10. The van der Waals surface area contributed by atoms with Crippen molar-refractivity contribution in [1.29, 1.82) is 0 Å². The van der Waals surface area contributed by atoms with Gasteiger partial charge in [-0.1, -0.05) is 6.08 Å². The van der Waals surface area contributed by atoms with Crippen LogP contribution >= 0.6 is 11.3 Å². The molecule has 4 nitrogen and oxygen atoms in total. The fourth-order valence-electron chi connectivity index (χ4n) is 2.23. The van der Waals surface area contributed by atoms with Gasteiger partial charge < -0.3 is 10.1 Å². The first kappa shape index (κ1) is 13.8. The molecule has 0 saturated carbocycles. The summed E-state index contributed by atoms with van der Waals surface area (Å²) in [4.78, 5) is 17.9. The number of aromatic nitrogens is 1. The van der Waals surface area contributed by atoms with E-state index in [0.717, 1.165) is 39.5 Å². The number of hydrogen-bond acceptors (Lipinski definition) is 4. The molecule has 0 saturated heterocycles. The fraction of sp³-hybridized carbons (Fsp3) is 0.250. The Morgan fingerprint density at radius 2 is 2.33 bits per heavy atom. The Kier molecular flexibility index (Phi) is 4.01. The van der Waals surface area contributed by atoms with Gasteiger partial charge in [0.1, 0.15) is 5.75 Å². The molecule has 2 aromatic rings. The molecule has 1 aliphatic heterocycles. The second-order valence-electron chi connectivity index (χ2n) is 4.81. The Labute approximate surface area is 127 Å². The number of carbonyl (C=O) groups excluding carboxylic acids is 1. The van der Waals surface area contributed by atoms with Crippen LogP contribution in [-0.2, 0) is 6.42 Å². The molecule has 1 N–H and O–H groups in total. The molecule has 2 aromatic heterocycles. The molecule has 0 aliphatic carbocycles. The quantitative estimate of drug-likeness (QED) is 0.682. The number of hydrogen-bond donors (Lipinski definition) is 1. The molecule has 21 heavy (non-hydrogen) atoms. The molecule has 1 amide bonds. The maximum Gasteiger partial charge on any atom is 0.261 e. The maximum atomic E-state index is 11.8. The van der Waals surface area contributed by atoms with Crippen LogP contribution in [0.1, 0.15) is 21.7 Å². The van der Waals surface area contributed by atoms with Crippen LogP contribution in [0.2, 0.25) is 0 Å². The van der Waals surface area contributed by atoms with Gasteiger partial charge in [0.15, 0.2) is 0 Å². The average Bonchev–Trinajstić information content (AvgIpc) is 2.94. The molecule has 5 heteroatoms. The maximum absolute atomic E-state index is 11.8. The molecule has 0 unspecified atom stereocenters. The highest BCUT2D eigenvalue weighted by Crippen LogP contribution is 2.34. The highest BCUT2D eigenvalue weighted by atomic mass is 32.1. The monoisotopic (exact) mass is 300 g/mol. The topological polar surface area (TPSA) is 51.2 Å². The van der Waals surface area contributed by atoms with E-state index in [4.69, 9.17) is 4.74 Å². The van der Waals surface area contributed by atoms with Gasteiger partial charge in [-0.05, 0) is 30.5 Å². The zero-order chi connectivity index (χ0) is 14.7.